The van der Waals surface area contributed by atoms with E-state index in [1.165, 1.54) is 12.8 Å². The Kier molecular flexibility index (Phi) is 4.03. The van der Waals surface area contributed by atoms with E-state index in [0.29, 0.717) is 19.6 Å². The van der Waals surface area contributed by atoms with Crippen LogP contribution in [0.15, 0.2) is 12.2 Å². The largest absolute Gasteiger partial charge is 0.368 e. The molecule has 0 aliphatic heterocycles. The Balaban J connectivity index is 1.59. The van der Waals surface area contributed by atoms with Gasteiger partial charge in [0, 0.05) is 6.42 Å². The fourth-order valence-corrected chi connectivity index (χ4v) is 2.62. The van der Waals surface area contributed by atoms with Gasteiger partial charge in [0.15, 0.2) is 0 Å². The Morgan fingerprint density at radius 2 is 2.19 bits per heavy atom. The second-order valence-electron chi connectivity index (χ2n) is 4.56. The van der Waals surface area contributed by atoms with Gasteiger partial charge in [-0.1, -0.05) is 18.1 Å². The Morgan fingerprint density at radius 1 is 1.25 bits per heavy atom. The second kappa shape index (κ2) is 5.73. The van der Waals surface area contributed by atoms with Gasteiger partial charge >= 0.3 is 0 Å². The minimum atomic E-state index is 0.457. The van der Waals surface area contributed by atoms with E-state index in [2.05, 4.69) is 24.0 Å². The van der Waals surface area contributed by atoms with E-state index in [4.69, 9.17) is 10.00 Å². The van der Waals surface area contributed by atoms with Gasteiger partial charge in [-0.3, -0.25) is 0 Å². The molecule has 0 aromatic rings. The van der Waals surface area contributed by atoms with Gasteiger partial charge in [-0.05, 0) is 30.6 Å². The molecule has 0 aromatic carbocycles. The number of rotatable bonds is 4. The molecule has 0 aromatic heterocycles. The summed E-state index contributed by atoms with van der Waals surface area (Å²) in [7, 11) is 0. The van der Waals surface area contributed by atoms with Crippen LogP contribution in [-0.2, 0) is 4.74 Å². The van der Waals surface area contributed by atoms with Crippen molar-refractivity contribution in [3.63, 3.8) is 0 Å². The van der Waals surface area contributed by atoms with Gasteiger partial charge in [0.2, 0.25) is 0 Å². The second-order valence-corrected chi connectivity index (χ2v) is 4.56. The molecule has 2 nitrogen and oxygen atoms in total. The Hall–Kier alpha value is -1.25. The molecule has 0 heterocycles. The first-order chi connectivity index (χ1) is 7.90. The number of nitriles is 1. The zero-order valence-corrected chi connectivity index (χ0v) is 9.48. The van der Waals surface area contributed by atoms with Crippen LogP contribution in [0.1, 0.15) is 25.7 Å². The van der Waals surface area contributed by atoms with Gasteiger partial charge in [-0.15, -0.1) is 5.92 Å². The van der Waals surface area contributed by atoms with Crippen LogP contribution in [0.25, 0.3) is 0 Å². The Morgan fingerprint density at radius 3 is 2.88 bits per heavy atom. The molecule has 3 atom stereocenters. The van der Waals surface area contributed by atoms with E-state index >= 15 is 0 Å². The highest BCUT2D eigenvalue weighted by Gasteiger charge is 2.34. The lowest BCUT2D eigenvalue weighted by Gasteiger charge is -2.14. The number of nitrogens with zero attached hydrogens (tertiary/aromatic N) is 1. The van der Waals surface area contributed by atoms with E-state index < -0.39 is 0 Å². The molecule has 1 saturated carbocycles. The zero-order valence-electron chi connectivity index (χ0n) is 9.48. The van der Waals surface area contributed by atoms with E-state index in [9.17, 15) is 0 Å². The third-order valence-electron chi connectivity index (χ3n) is 3.44. The van der Waals surface area contributed by atoms with Gasteiger partial charge < -0.3 is 4.74 Å². The fourth-order valence-electron chi connectivity index (χ4n) is 2.62. The van der Waals surface area contributed by atoms with Crippen LogP contribution in [-0.4, -0.2) is 13.2 Å². The van der Waals surface area contributed by atoms with Crippen LogP contribution in [0.2, 0.25) is 0 Å². The first-order valence-electron chi connectivity index (χ1n) is 5.99. The fraction of sp³-hybridized carbons (Fsp3) is 0.643. The molecule has 16 heavy (non-hydrogen) atoms. The van der Waals surface area contributed by atoms with E-state index in [0.717, 1.165) is 24.2 Å². The predicted octanol–water partition coefficient (Wildman–Crippen LogP) is 2.52. The number of hydrogen-bond donors (Lipinski definition) is 0. The zero-order chi connectivity index (χ0) is 11.2. The van der Waals surface area contributed by atoms with Gasteiger partial charge in [0.25, 0.3) is 0 Å². The van der Waals surface area contributed by atoms with Crippen molar-refractivity contribution in [1.29, 1.82) is 5.26 Å². The molecule has 0 radical (unpaired) electrons. The summed E-state index contributed by atoms with van der Waals surface area (Å²) in [6, 6.07) is 2.04. The number of hydrogen-bond acceptors (Lipinski definition) is 2. The molecule has 2 rings (SSSR count). The first kappa shape index (κ1) is 11.2. The van der Waals surface area contributed by atoms with E-state index in [-0.39, 0.29) is 0 Å². The smallest absolute Gasteiger partial charge is 0.107 e. The van der Waals surface area contributed by atoms with Gasteiger partial charge in [0.1, 0.15) is 6.61 Å². The number of fused-ring (bicyclic) bond motifs is 2. The number of allylic oxidation sites excluding steroid dienone is 2. The van der Waals surface area contributed by atoms with E-state index in [1.807, 2.05) is 6.07 Å². The van der Waals surface area contributed by atoms with Crippen molar-refractivity contribution in [2.24, 2.45) is 17.8 Å². The molecule has 0 spiro atoms. The third kappa shape index (κ3) is 2.87. The Labute approximate surface area is 97.3 Å². The van der Waals surface area contributed by atoms with Crippen LogP contribution < -0.4 is 0 Å². The maximum atomic E-state index is 8.30. The van der Waals surface area contributed by atoms with Crippen LogP contribution in [0.4, 0.5) is 0 Å². The minimum Gasteiger partial charge on any atom is -0.368 e. The van der Waals surface area contributed by atoms with Crippen molar-refractivity contribution in [2.45, 2.75) is 25.7 Å². The van der Waals surface area contributed by atoms with E-state index in [1.54, 1.807) is 0 Å². The highest BCUT2D eigenvalue weighted by atomic mass is 16.5. The monoisotopic (exact) mass is 215 g/mol. The maximum Gasteiger partial charge on any atom is 0.107 e. The SMILES string of the molecule is N#CCCOCC#CCC1CC2C=CC1C2. The molecular formula is C14H17NO. The third-order valence-corrected chi connectivity index (χ3v) is 3.44. The molecule has 2 heteroatoms. The van der Waals surface area contributed by atoms with Gasteiger partial charge in [-0.2, -0.15) is 5.26 Å². The molecule has 2 aliphatic carbocycles. The predicted molar refractivity (Wildman–Crippen MR) is 62.3 cm³/mol. The molecule has 2 bridgehead atoms. The van der Waals surface area contributed by atoms with Gasteiger partial charge in [-0.25, -0.2) is 0 Å². The summed E-state index contributed by atoms with van der Waals surface area (Å²) in [4.78, 5) is 0. The average Bonchev–Trinajstić information content (AvgIpc) is 2.90. The van der Waals surface area contributed by atoms with Crippen molar-refractivity contribution >= 4 is 0 Å². The number of ether oxygens (including phenoxy) is 1. The lowest BCUT2D eigenvalue weighted by molar-refractivity contribution is 0.173. The van der Waals surface area contributed by atoms with Crippen LogP contribution in [0, 0.1) is 40.9 Å². The van der Waals surface area contributed by atoms with Gasteiger partial charge in [0.05, 0.1) is 19.1 Å². The molecular weight excluding hydrogens is 198 g/mol. The average molecular weight is 215 g/mol. The van der Waals surface area contributed by atoms with Crippen molar-refractivity contribution in [3.8, 4) is 17.9 Å². The van der Waals surface area contributed by atoms with Crippen molar-refractivity contribution in [1.82, 2.24) is 0 Å². The van der Waals surface area contributed by atoms with Crippen molar-refractivity contribution in [3.05, 3.63) is 12.2 Å². The summed E-state index contributed by atoms with van der Waals surface area (Å²) in [6.07, 6.45) is 8.87. The molecule has 3 unspecified atom stereocenters. The molecule has 0 saturated heterocycles. The molecule has 2 aliphatic rings. The van der Waals surface area contributed by atoms with Crippen LogP contribution >= 0.6 is 0 Å². The molecule has 0 amide bonds. The summed E-state index contributed by atoms with van der Waals surface area (Å²) in [5.41, 5.74) is 0. The van der Waals surface area contributed by atoms with Crippen LogP contribution in [0.3, 0.4) is 0 Å². The normalized spacial score (nSPS) is 29.8. The summed E-state index contributed by atoms with van der Waals surface area (Å²) in [5.74, 6) is 8.63. The molecule has 84 valence electrons. The highest BCUT2D eigenvalue weighted by molar-refractivity contribution is 5.13. The first-order valence-corrected chi connectivity index (χ1v) is 5.99. The summed E-state index contributed by atoms with van der Waals surface area (Å²) < 4.78 is 5.19. The molecule has 0 N–H and O–H groups in total. The Bertz CT molecular complexity index is 355. The lowest BCUT2D eigenvalue weighted by atomic mass is 9.91. The minimum absolute atomic E-state index is 0.457. The summed E-state index contributed by atoms with van der Waals surface area (Å²) in [6.45, 7) is 0.973. The van der Waals surface area contributed by atoms with Crippen LogP contribution in [0.5, 0.6) is 0 Å². The topological polar surface area (TPSA) is 33.0 Å². The lowest BCUT2D eigenvalue weighted by Crippen LogP contribution is -2.05. The van der Waals surface area contributed by atoms with Crippen molar-refractivity contribution in [2.75, 3.05) is 13.2 Å². The highest BCUT2D eigenvalue weighted by Crippen LogP contribution is 2.44. The van der Waals surface area contributed by atoms with Crippen molar-refractivity contribution < 1.29 is 4.74 Å². The quantitative estimate of drug-likeness (QED) is 0.410. The standard InChI is InChI=1S/C14H17NO/c15-7-3-9-16-8-2-1-4-13-10-12-5-6-14(13)11-12/h5-6,12-14H,3-4,8-11H2. The summed E-state index contributed by atoms with van der Waals surface area (Å²) in [5, 5.41) is 8.30. The maximum absolute atomic E-state index is 8.30. The summed E-state index contributed by atoms with van der Waals surface area (Å²) >= 11 is 0. The molecule has 1 fully saturated rings.